The summed E-state index contributed by atoms with van der Waals surface area (Å²) in [4.78, 5) is 22.3. The van der Waals surface area contributed by atoms with Gasteiger partial charge in [0.25, 0.3) is 0 Å². The lowest BCUT2D eigenvalue weighted by Crippen LogP contribution is -2.34. The molecule has 1 N–H and O–H groups in total. The second-order valence-corrected chi connectivity index (χ2v) is 6.62. The minimum atomic E-state index is -0.566. The summed E-state index contributed by atoms with van der Waals surface area (Å²) < 4.78 is 10.5. The van der Waals surface area contributed by atoms with Crippen molar-refractivity contribution in [3.05, 3.63) is 24.2 Å². The van der Waals surface area contributed by atoms with Crippen LogP contribution in [0.25, 0.3) is 11.4 Å². The van der Waals surface area contributed by atoms with Crippen LogP contribution in [0.1, 0.15) is 39.6 Å². The summed E-state index contributed by atoms with van der Waals surface area (Å²) >= 11 is 0. The molecular weight excluding hydrogens is 310 g/mol. The van der Waals surface area contributed by atoms with E-state index in [0.717, 1.165) is 11.4 Å². The summed E-state index contributed by atoms with van der Waals surface area (Å²) in [6.07, 6.45) is 1.15. The molecular formula is C16H23N5O3. The standard InChI is InChI=1S/C16H23N5O3/c1-10(18-15(22)23-16(2,3)4)14-19-13(20-24-14)11-7-8-17-12(9-11)21(5)6/h7-10H,1-6H3,(H,18,22). The molecule has 0 bridgehead atoms. The van der Waals surface area contributed by atoms with E-state index in [-0.39, 0.29) is 0 Å². The number of nitrogens with zero attached hydrogens (tertiary/aromatic N) is 4. The molecule has 1 atom stereocenters. The molecule has 0 aromatic carbocycles. The van der Waals surface area contributed by atoms with Crippen molar-refractivity contribution in [3.8, 4) is 11.4 Å². The molecule has 2 aromatic heterocycles. The van der Waals surface area contributed by atoms with Crippen LogP contribution < -0.4 is 10.2 Å². The number of aromatic nitrogens is 3. The van der Waals surface area contributed by atoms with Crippen molar-refractivity contribution in [3.63, 3.8) is 0 Å². The lowest BCUT2D eigenvalue weighted by Gasteiger charge is -2.20. The number of carbonyl (C=O) groups is 1. The Morgan fingerprint density at radius 3 is 2.71 bits per heavy atom. The number of anilines is 1. The maximum atomic E-state index is 11.8. The molecule has 1 amide bonds. The Morgan fingerprint density at radius 1 is 1.38 bits per heavy atom. The van der Waals surface area contributed by atoms with Gasteiger partial charge in [0.1, 0.15) is 17.5 Å². The molecule has 1 unspecified atom stereocenters. The lowest BCUT2D eigenvalue weighted by atomic mass is 10.2. The van der Waals surface area contributed by atoms with Crippen LogP contribution in [0.2, 0.25) is 0 Å². The first-order valence-corrected chi connectivity index (χ1v) is 7.62. The molecule has 0 radical (unpaired) electrons. The molecule has 0 saturated carbocycles. The normalized spacial score (nSPS) is 12.6. The maximum absolute atomic E-state index is 11.8. The van der Waals surface area contributed by atoms with E-state index in [1.54, 1.807) is 40.0 Å². The van der Waals surface area contributed by atoms with Gasteiger partial charge in [0, 0.05) is 25.9 Å². The van der Waals surface area contributed by atoms with Gasteiger partial charge in [-0.3, -0.25) is 0 Å². The third-order valence-corrected chi connectivity index (χ3v) is 3.01. The summed E-state index contributed by atoms with van der Waals surface area (Å²) in [5, 5.41) is 6.63. The van der Waals surface area contributed by atoms with E-state index in [2.05, 4.69) is 20.4 Å². The Morgan fingerprint density at radius 2 is 2.08 bits per heavy atom. The molecule has 2 aromatic rings. The van der Waals surface area contributed by atoms with Gasteiger partial charge in [-0.1, -0.05) is 5.16 Å². The molecule has 8 heteroatoms. The molecule has 2 rings (SSSR count). The van der Waals surface area contributed by atoms with Crippen molar-refractivity contribution >= 4 is 11.9 Å². The Kier molecular flexibility index (Phi) is 5.06. The van der Waals surface area contributed by atoms with E-state index >= 15 is 0 Å². The highest BCUT2D eigenvalue weighted by Gasteiger charge is 2.21. The minimum absolute atomic E-state index is 0.305. The van der Waals surface area contributed by atoms with Gasteiger partial charge in [0.05, 0.1) is 0 Å². The van der Waals surface area contributed by atoms with Gasteiger partial charge in [-0.15, -0.1) is 0 Å². The van der Waals surface area contributed by atoms with Crippen LogP contribution >= 0.6 is 0 Å². The smallest absolute Gasteiger partial charge is 0.408 e. The zero-order valence-electron chi connectivity index (χ0n) is 14.8. The molecule has 0 fully saturated rings. The predicted molar refractivity (Wildman–Crippen MR) is 89.6 cm³/mol. The van der Waals surface area contributed by atoms with Crippen LogP contribution in [0, 0.1) is 0 Å². The second kappa shape index (κ2) is 6.86. The molecule has 0 aliphatic heterocycles. The number of nitrogens with one attached hydrogen (secondary N) is 1. The fourth-order valence-corrected chi connectivity index (χ4v) is 1.88. The first-order chi connectivity index (χ1) is 11.2. The largest absolute Gasteiger partial charge is 0.444 e. The van der Waals surface area contributed by atoms with Crippen LogP contribution in [-0.2, 0) is 4.74 Å². The molecule has 24 heavy (non-hydrogen) atoms. The van der Waals surface area contributed by atoms with E-state index < -0.39 is 17.7 Å². The Hall–Kier alpha value is -2.64. The molecule has 130 valence electrons. The van der Waals surface area contributed by atoms with Crippen LogP contribution in [0.4, 0.5) is 10.6 Å². The lowest BCUT2D eigenvalue weighted by molar-refractivity contribution is 0.0499. The van der Waals surface area contributed by atoms with Crippen molar-refractivity contribution in [1.82, 2.24) is 20.4 Å². The Bertz CT molecular complexity index is 706. The molecule has 0 aliphatic rings. The van der Waals surface area contributed by atoms with Crippen molar-refractivity contribution in [1.29, 1.82) is 0 Å². The molecule has 0 aliphatic carbocycles. The number of amides is 1. The predicted octanol–water partition coefficient (Wildman–Crippen LogP) is 2.78. The van der Waals surface area contributed by atoms with E-state index in [0.29, 0.717) is 11.7 Å². The number of alkyl carbamates (subject to hydrolysis) is 1. The summed E-state index contributed by atoms with van der Waals surface area (Å²) in [5.74, 6) is 1.53. The highest BCUT2D eigenvalue weighted by Crippen LogP contribution is 2.21. The highest BCUT2D eigenvalue weighted by molar-refractivity contribution is 5.68. The summed E-state index contributed by atoms with van der Waals surface area (Å²) in [6.45, 7) is 7.15. The van der Waals surface area contributed by atoms with Crippen LogP contribution in [0.15, 0.2) is 22.9 Å². The number of hydrogen-bond acceptors (Lipinski definition) is 7. The van der Waals surface area contributed by atoms with E-state index in [4.69, 9.17) is 9.26 Å². The average Bonchev–Trinajstić information content (AvgIpc) is 2.95. The van der Waals surface area contributed by atoms with Gasteiger partial charge in [0.15, 0.2) is 0 Å². The van der Waals surface area contributed by atoms with Crippen LogP contribution in [0.5, 0.6) is 0 Å². The van der Waals surface area contributed by atoms with E-state index in [1.807, 2.05) is 25.1 Å². The Balaban J connectivity index is 2.10. The van der Waals surface area contributed by atoms with Crippen LogP contribution in [-0.4, -0.2) is 40.9 Å². The van der Waals surface area contributed by atoms with Gasteiger partial charge < -0.3 is 19.5 Å². The third kappa shape index (κ3) is 4.68. The zero-order chi connectivity index (χ0) is 17.9. The summed E-state index contributed by atoms with van der Waals surface area (Å²) in [7, 11) is 3.81. The first kappa shape index (κ1) is 17.7. The molecule has 0 saturated heterocycles. The molecule has 2 heterocycles. The van der Waals surface area contributed by atoms with Crippen molar-refractivity contribution < 1.29 is 14.1 Å². The van der Waals surface area contributed by atoms with Gasteiger partial charge in [-0.25, -0.2) is 9.78 Å². The van der Waals surface area contributed by atoms with Gasteiger partial charge >= 0.3 is 6.09 Å². The molecule has 0 spiro atoms. The van der Waals surface area contributed by atoms with Crippen molar-refractivity contribution in [2.24, 2.45) is 0 Å². The SMILES string of the molecule is CC(NC(=O)OC(C)(C)C)c1nc(-c2ccnc(N(C)C)c2)no1. The number of pyridine rings is 1. The molecule has 8 nitrogen and oxygen atoms in total. The summed E-state index contributed by atoms with van der Waals surface area (Å²) in [6, 6.07) is 3.20. The maximum Gasteiger partial charge on any atom is 0.408 e. The second-order valence-electron chi connectivity index (χ2n) is 6.62. The third-order valence-electron chi connectivity index (χ3n) is 3.01. The average molecular weight is 333 g/mol. The van der Waals surface area contributed by atoms with E-state index in [9.17, 15) is 4.79 Å². The number of carbonyl (C=O) groups excluding carboxylic acids is 1. The fourth-order valence-electron chi connectivity index (χ4n) is 1.88. The Labute approximate surface area is 141 Å². The zero-order valence-corrected chi connectivity index (χ0v) is 14.8. The topological polar surface area (TPSA) is 93.4 Å². The number of hydrogen-bond donors (Lipinski definition) is 1. The summed E-state index contributed by atoms with van der Waals surface area (Å²) in [5.41, 5.74) is 0.219. The van der Waals surface area contributed by atoms with Gasteiger partial charge in [0.2, 0.25) is 11.7 Å². The highest BCUT2D eigenvalue weighted by atomic mass is 16.6. The van der Waals surface area contributed by atoms with Gasteiger partial charge in [-0.05, 0) is 39.8 Å². The quantitative estimate of drug-likeness (QED) is 0.919. The van der Waals surface area contributed by atoms with Crippen LogP contribution in [0.3, 0.4) is 0 Å². The first-order valence-electron chi connectivity index (χ1n) is 7.62. The fraction of sp³-hybridized carbons (Fsp3) is 0.500. The van der Waals surface area contributed by atoms with Crippen molar-refractivity contribution in [2.75, 3.05) is 19.0 Å². The minimum Gasteiger partial charge on any atom is -0.444 e. The van der Waals surface area contributed by atoms with E-state index in [1.165, 1.54) is 0 Å². The number of ether oxygens (including phenoxy) is 1. The van der Waals surface area contributed by atoms with Gasteiger partial charge in [-0.2, -0.15) is 4.98 Å². The monoisotopic (exact) mass is 333 g/mol. The van der Waals surface area contributed by atoms with Crippen molar-refractivity contribution in [2.45, 2.75) is 39.3 Å². The number of rotatable bonds is 4.